The van der Waals surface area contributed by atoms with Crippen LogP contribution >= 0.6 is 0 Å². The van der Waals surface area contributed by atoms with Crippen molar-refractivity contribution < 1.29 is 24.2 Å². The fourth-order valence-corrected chi connectivity index (χ4v) is 3.19. The van der Waals surface area contributed by atoms with E-state index in [0.717, 1.165) is 42.9 Å². The highest BCUT2D eigenvalue weighted by Gasteiger charge is 2.16. The number of rotatable bonds is 6. The van der Waals surface area contributed by atoms with Gasteiger partial charge < -0.3 is 19.9 Å². The molecule has 0 aliphatic carbocycles. The summed E-state index contributed by atoms with van der Waals surface area (Å²) in [6.07, 6.45) is 1.99. The van der Waals surface area contributed by atoms with Gasteiger partial charge in [0.25, 0.3) is 5.91 Å². The summed E-state index contributed by atoms with van der Waals surface area (Å²) in [7, 11) is 0. The van der Waals surface area contributed by atoms with Gasteiger partial charge in [0, 0.05) is 30.5 Å². The maximum atomic E-state index is 12.6. The van der Waals surface area contributed by atoms with Crippen molar-refractivity contribution in [3.05, 3.63) is 58.7 Å². The number of amides is 1. The smallest absolute Gasteiger partial charge is 0.335 e. The van der Waals surface area contributed by atoms with Crippen LogP contribution in [0.5, 0.6) is 5.75 Å². The first-order valence-electron chi connectivity index (χ1n) is 9.40. The van der Waals surface area contributed by atoms with Gasteiger partial charge in [-0.25, -0.2) is 4.79 Å². The zero-order valence-corrected chi connectivity index (χ0v) is 16.2. The average molecular weight is 383 g/mol. The molecule has 0 saturated carbocycles. The van der Waals surface area contributed by atoms with Crippen molar-refractivity contribution in [2.24, 2.45) is 5.92 Å². The Morgan fingerprint density at radius 1 is 1.11 bits per heavy atom. The van der Waals surface area contributed by atoms with E-state index in [1.54, 1.807) is 19.1 Å². The van der Waals surface area contributed by atoms with Gasteiger partial charge in [-0.1, -0.05) is 6.07 Å². The van der Waals surface area contributed by atoms with Crippen molar-refractivity contribution in [2.45, 2.75) is 26.7 Å². The minimum absolute atomic E-state index is 0.0922. The maximum absolute atomic E-state index is 12.6. The Kier molecular flexibility index (Phi) is 6.31. The van der Waals surface area contributed by atoms with Gasteiger partial charge in [0.1, 0.15) is 5.75 Å². The molecule has 1 saturated heterocycles. The van der Waals surface area contributed by atoms with Gasteiger partial charge in [0.2, 0.25) is 0 Å². The van der Waals surface area contributed by atoms with Gasteiger partial charge >= 0.3 is 5.97 Å². The Hall–Kier alpha value is -2.86. The summed E-state index contributed by atoms with van der Waals surface area (Å²) < 4.78 is 11.4. The van der Waals surface area contributed by atoms with E-state index in [2.05, 4.69) is 5.32 Å². The molecular weight excluding hydrogens is 358 g/mol. The van der Waals surface area contributed by atoms with E-state index in [9.17, 15) is 14.7 Å². The molecule has 28 heavy (non-hydrogen) atoms. The highest BCUT2D eigenvalue weighted by molar-refractivity contribution is 6.05. The molecule has 0 atom stereocenters. The highest BCUT2D eigenvalue weighted by atomic mass is 16.5. The number of benzene rings is 2. The molecule has 3 rings (SSSR count). The second-order valence-corrected chi connectivity index (χ2v) is 7.19. The molecule has 2 aromatic rings. The third kappa shape index (κ3) is 5.10. The van der Waals surface area contributed by atoms with Gasteiger partial charge in [-0.3, -0.25) is 4.79 Å². The lowest BCUT2D eigenvalue weighted by atomic mass is 10.0. The van der Waals surface area contributed by atoms with Crippen LogP contribution < -0.4 is 10.1 Å². The standard InChI is InChI=1S/C22H25NO5/c1-14-9-17(11-18(10-14)22(25)26)21(24)23-19-4-3-15(2)20(12-19)28-13-16-5-7-27-8-6-16/h3-4,9-12,16H,5-8,13H2,1-2H3,(H,23,24)(H,25,26). The zero-order valence-electron chi connectivity index (χ0n) is 16.2. The maximum Gasteiger partial charge on any atom is 0.335 e. The molecule has 1 amide bonds. The second kappa shape index (κ2) is 8.89. The van der Waals surface area contributed by atoms with Crippen LogP contribution in [0.25, 0.3) is 0 Å². The quantitative estimate of drug-likeness (QED) is 0.786. The molecule has 2 N–H and O–H groups in total. The number of carboxylic acids is 1. The SMILES string of the molecule is Cc1cc(C(=O)O)cc(C(=O)Nc2ccc(C)c(OCC3CCOCC3)c2)c1. The molecule has 6 heteroatoms. The summed E-state index contributed by atoms with van der Waals surface area (Å²) in [4.78, 5) is 23.8. The van der Waals surface area contributed by atoms with Gasteiger partial charge in [-0.15, -0.1) is 0 Å². The first-order valence-corrected chi connectivity index (χ1v) is 9.40. The van der Waals surface area contributed by atoms with E-state index in [-0.39, 0.29) is 11.5 Å². The minimum atomic E-state index is -1.06. The number of aromatic carboxylic acids is 1. The Balaban J connectivity index is 1.70. The zero-order chi connectivity index (χ0) is 20.1. The largest absolute Gasteiger partial charge is 0.493 e. The normalized spacial score (nSPS) is 14.5. The number of aryl methyl sites for hydroxylation is 2. The van der Waals surface area contributed by atoms with Crippen molar-refractivity contribution in [1.29, 1.82) is 0 Å². The number of nitrogens with one attached hydrogen (secondary N) is 1. The van der Waals surface area contributed by atoms with Crippen LogP contribution in [0.2, 0.25) is 0 Å². The number of hydrogen-bond donors (Lipinski definition) is 2. The van der Waals surface area contributed by atoms with Crippen LogP contribution in [-0.4, -0.2) is 36.8 Å². The summed E-state index contributed by atoms with van der Waals surface area (Å²) in [6.45, 7) is 5.90. The van der Waals surface area contributed by atoms with Crippen LogP contribution in [-0.2, 0) is 4.74 Å². The van der Waals surface area contributed by atoms with Crippen molar-refractivity contribution in [1.82, 2.24) is 0 Å². The number of carbonyl (C=O) groups is 2. The number of ether oxygens (including phenoxy) is 2. The van der Waals surface area contributed by atoms with Gasteiger partial charge in [-0.2, -0.15) is 0 Å². The summed E-state index contributed by atoms with van der Waals surface area (Å²) in [6, 6.07) is 10.1. The van der Waals surface area contributed by atoms with Gasteiger partial charge in [-0.05, 0) is 68.0 Å². The van der Waals surface area contributed by atoms with Crippen molar-refractivity contribution >= 4 is 17.6 Å². The van der Waals surface area contributed by atoms with Crippen LogP contribution in [0, 0.1) is 19.8 Å². The van der Waals surface area contributed by atoms with Crippen molar-refractivity contribution in [3.63, 3.8) is 0 Å². The van der Waals surface area contributed by atoms with E-state index < -0.39 is 5.97 Å². The lowest BCUT2D eigenvalue weighted by Gasteiger charge is -2.22. The van der Waals surface area contributed by atoms with Crippen LogP contribution in [0.3, 0.4) is 0 Å². The number of hydrogen-bond acceptors (Lipinski definition) is 4. The van der Waals surface area contributed by atoms with E-state index in [1.165, 1.54) is 12.1 Å². The summed E-state index contributed by atoms with van der Waals surface area (Å²) in [5, 5.41) is 12.0. The Labute approximate surface area is 164 Å². The third-order valence-electron chi connectivity index (χ3n) is 4.85. The molecule has 148 valence electrons. The lowest BCUT2D eigenvalue weighted by Crippen LogP contribution is -2.21. The molecular formula is C22H25NO5. The Bertz CT molecular complexity index is 871. The fourth-order valence-electron chi connectivity index (χ4n) is 3.19. The van der Waals surface area contributed by atoms with E-state index in [4.69, 9.17) is 9.47 Å². The minimum Gasteiger partial charge on any atom is -0.493 e. The molecule has 1 aliphatic heterocycles. The van der Waals surface area contributed by atoms with Crippen molar-refractivity contribution in [2.75, 3.05) is 25.1 Å². The van der Waals surface area contributed by atoms with Gasteiger partial charge in [0.05, 0.1) is 12.2 Å². The molecule has 0 unspecified atom stereocenters. The molecule has 0 bridgehead atoms. The molecule has 0 radical (unpaired) electrons. The topological polar surface area (TPSA) is 84.9 Å². The third-order valence-corrected chi connectivity index (χ3v) is 4.85. The molecule has 6 nitrogen and oxygen atoms in total. The van der Waals surface area contributed by atoms with Gasteiger partial charge in [0.15, 0.2) is 0 Å². The molecule has 0 spiro atoms. The van der Waals surface area contributed by atoms with E-state index in [1.807, 2.05) is 19.1 Å². The van der Waals surface area contributed by atoms with E-state index in [0.29, 0.717) is 23.8 Å². The molecule has 1 aliphatic rings. The molecule has 1 fully saturated rings. The fraction of sp³-hybridized carbons (Fsp3) is 0.364. The Morgan fingerprint density at radius 2 is 1.82 bits per heavy atom. The summed E-state index contributed by atoms with van der Waals surface area (Å²) in [5.74, 6) is -0.199. The van der Waals surface area contributed by atoms with Crippen molar-refractivity contribution in [3.8, 4) is 5.75 Å². The molecule has 2 aromatic carbocycles. The summed E-state index contributed by atoms with van der Waals surface area (Å²) >= 11 is 0. The number of anilines is 1. The first-order chi connectivity index (χ1) is 13.4. The molecule has 0 aromatic heterocycles. The lowest BCUT2D eigenvalue weighted by molar-refractivity contribution is 0.0496. The number of carboxylic acid groups (broad SMARTS) is 1. The van der Waals surface area contributed by atoms with Crippen LogP contribution in [0.15, 0.2) is 36.4 Å². The first kappa shape index (κ1) is 19.9. The van der Waals surface area contributed by atoms with Crippen LogP contribution in [0.1, 0.15) is 44.7 Å². The Morgan fingerprint density at radius 3 is 2.54 bits per heavy atom. The monoisotopic (exact) mass is 383 g/mol. The highest BCUT2D eigenvalue weighted by Crippen LogP contribution is 2.25. The van der Waals surface area contributed by atoms with Crippen LogP contribution in [0.4, 0.5) is 5.69 Å². The average Bonchev–Trinajstić information content (AvgIpc) is 2.68. The molecule has 1 heterocycles. The predicted molar refractivity (Wildman–Crippen MR) is 106 cm³/mol. The number of carbonyl (C=O) groups excluding carboxylic acids is 1. The second-order valence-electron chi connectivity index (χ2n) is 7.19. The predicted octanol–water partition coefficient (Wildman–Crippen LogP) is 4.06. The van der Waals surface area contributed by atoms with E-state index >= 15 is 0 Å². The summed E-state index contributed by atoms with van der Waals surface area (Å²) in [5.41, 5.74) is 2.72.